The first-order valence-electron chi connectivity index (χ1n) is 42.3. The van der Waals surface area contributed by atoms with Crippen LogP contribution in [0.1, 0.15) is 296 Å². The average molecular weight is 1510 g/mol. The smallest absolute Gasteiger partial charge is 0.220 e. The van der Waals surface area contributed by atoms with Crippen molar-refractivity contribution >= 4 is 5.91 Å². The van der Waals surface area contributed by atoms with Crippen molar-refractivity contribution in [2.75, 3.05) is 26.4 Å². The van der Waals surface area contributed by atoms with Crippen LogP contribution in [0.5, 0.6) is 0 Å². The Morgan fingerprint density at radius 3 is 1.05 bits per heavy atom. The van der Waals surface area contributed by atoms with Gasteiger partial charge in [-0.25, -0.2) is 0 Å². The number of nitrogens with one attached hydrogen (secondary N) is 1. The summed E-state index contributed by atoms with van der Waals surface area (Å²) < 4.78 is 34.5. The minimum atomic E-state index is -1.99. The lowest BCUT2D eigenvalue weighted by atomic mass is 9.96. The fraction of sp³-hybridized carbons (Fsp3) is 0.761. The normalized spacial score (nSPS) is 26.2. The summed E-state index contributed by atoms with van der Waals surface area (Å²) in [5.41, 5.74) is 0. The number of ether oxygens (including phenoxy) is 6. The maximum Gasteiger partial charge on any atom is 0.220 e. The van der Waals surface area contributed by atoms with E-state index < -0.39 is 124 Å². The van der Waals surface area contributed by atoms with Crippen molar-refractivity contribution in [3.8, 4) is 0 Å². The lowest BCUT2D eigenvalue weighted by molar-refractivity contribution is -0.379. The van der Waals surface area contributed by atoms with Gasteiger partial charge in [-0.1, -0.05) is 315 Å². The first kappa shape index (κ1) is 97.4. The number of allylic oxidation sites excluding steroid dienone is 19. The molecule has 0 saturated carbocycles. The number of aliphatic hydroxyl groups is 11. The lowest BCUT2D eigenvalue weighted by Crippen LogP contribution is -2.66. The first-order valence-corrected chi connectivity index (χ1v) is 42.3. The number of carbonyl (C=O) groups excluding carboxylic acids is 1. The second-order valence-corrected chi connectivity index (χ2v) is 29.6. The summed E-state index contributed by atoms with van der Waals surface area (Å²) in [4.78, 5) is 13.5. The molecule has 3 fully saturated rings. The van der Waals surface area contributed by atoms with Crippen molar-refractivity contribution in [1.29, 1.82) is 0 Å². The maximum atomic E-state index is 13.5. The van der Waals surface area contributed by atoms with E-state index in [1.165, 1.54) is 161 Å². The number of hydrogen-bond acceptors (Lipinski definition) is 18. The SMILES string of the molecule is CC/C=C\C/C=C\C/C=C\C/C=C\C/C=C\C/C=C\C/C=C\C/C=C\CCCCCCCCCCCCCCCCC(=O)NC(COC1OC(CO)C(OC2OC(CO)C(OC3OC(CO)C(O)C(O)C3O)C(O)C2O)C(O)C1O)C(O)/C=C/CC/C=C/CCCCCCCCCCCCCCCCCCC. The van der Waals surface area contributed by atoms with Crippen molar-refractivity contribution in [3.05, 3.63) is 122 Å². The van der Waals surface area contributed by atoms with Crippen LogP contribution in [-0.4, -0.2) is 193 Å². The first-order chi connectivity index (χ1) is 52.3. The number of rotatable bonds is 66. The van der Waals surface area contributed by atoms with E-state index >= 15 is 0 Å². The zero-order valence-electron chi connectivity index (χ0n) is 66.1. The Morgan fingerprint density at radius 1 is 0.346 bits per heavy atom. The van der Waals surface area contributed by atoms with Gasteiger partial charge in [0.25, 0.3) is 0 Å². The van der Waals surface area contributed by atoms with E-state index in [1.807, 2.05) is 6.08 Å². The summed E-state index contributed by atoms with van der Waals surface area (Å²) in [6.07, 6.45) is 67.6. The van der Waals surface area contributed by atoms with E-state index in [-0.39, 0.29) is 18.9 Å². The highest BCUT2D eigenvalue weighted by Crippen LogP contribution is 2.33. The predicted octanol–water partition coefficient (Wildman–Crippen LogP) is 15.1. The zero-order chi connectivity index (χ0) is 77.4. The van der Waals surface area contributed by atoms with Crippen molar-refractivity contribution in [2.24, 2.45) is 0 Å². The molecule has 3 aliphatic heterocycles. The molecule has 12 N–H and O–H groups in total. The van der Waals surface area contributed by atoms with Crippen LogP contribution < -0.4 is 5.32 Å². The summed E-state index contributed by atoms with van der Waals surface area (Å²) in [7, 11) is 0. The Morgan fingerprint density at radius 2 is 0.654 bits per heavy atom. The van der Waals surface area contributed by atoms with E-state index in [0.717, 1.165) is 103 Å². The molecule has 0 spiro atoms. The van der Waals surface area contributed by atoms with Crippen LogP contribution in [0.15, 0.2) is 122 Å². The molecule has 17 unspecified atom stereocenters. The number of unbranched alkanes of at least 4 members (excludes halogenated alkanes) is 32. The Balaban J connectivity index is 1.34. The third-order valence-corrected chi connectivity index (χ3v) is 20.2. The molecule has 17 atom stereocenters. The number of aliphatic hydroxyl groups excluding tert-OH is 11. The van der Waals surface area contributed by atoms with Crippen LogP contribution in [0.2, 0.25) is 0 Å². The van der Waals surface area contributed by atoms with Gasteiger partial charge in [0.2, 0.25) is 5.91 Å². The van der Waals surface area contributed by atoms with Crippen molar-refractivity contribution in [1.82, 2.24) is 5.32 Å². The van der Waals surface area contributed by atoms with Gasteiger partial charge in [-0.3, -0.25) is 4.79 Å². The minimum absolute atomic E-state index is 0.229. The van der Waals surface area contributed by atoms with Crippen LogP contribution in [0.25, 0.3) is 0 Å². The lowest BCUT2D eigenvalue weighted by Gasteiger charge is -2.48. The summed E-state index contributed by atoms with van der Waals surface area (Å²) in [6.45, 7) is 1.62. The van der Waals surface area contributed by atoms with Crippen LogP contribution >= 0.6 is 0 Å². The van der Waals surface area contributed by atoms with E-state index in [4.69, 9.17) is 28.4 Å². The van der Waals surface area contributed by atoms with E-state index in [1.54, 1.807) is 6.08 Å². The molecule has 3 aliphatic rings. The van der Waals surface area contributed by atoms with Gasteiger partial charge in [0.05, 0.1) is 38.6 Å². The van der Waals surface area contributed by atoms with Gasteiger partial charge in [0.1, 0.15) is 73.2 Å². The van der Waals surface area contributed by atoms with Crippen molar-refractivity contribution in [3.63, 3.8) is 0 Å². The molecular weight excluding hydrogens is 1360 g/mol. The van der Waals surface area contributed by atoms with E-state index in [9.17, 15) is 61.0 Å². The zero-order valence-corrected chi connectivity index (χ0v) is 66.1. The molecular formula is C88H151NO18. The van der Waals surface area contributed by atoms with Gasteiger partial charge >= 0.3 is 0 Å². The molecule has 616 valence electrons. The summed E-state index contributed by atoms with van der Waals surface area (Å²) >= 11 is 0. The fourth-order valence-electron chi connectivity index (χ4n) is 13.5. The monoisotopic (exact) mass is 1510 g/mol. The van der Waals surface area contributed by atoms with Gasteiger partial charge in [-0.2, -0.15) is 0 Å². The fourth-order valence-corrected chi connectivity index (χ4v) is 13.5. The van der Waals surface area contributed by atoms with E-state index in [2.05, 4.69) is 129 Å². The predicted molar refractivity (Wildman–Crippen MR) is 429 cm³/mol. The van der Waals surface area contributed by atoms with Crippen molar-refractivity contribution < 1.29 is 89.4 Å². The largest absolute Gasteiger partial charge is 0.394 e. The van der Waals surface area contributed by atoms with Gasteiger partial charge in [0.15, 0.2) is 18.9 Å². The Bertz CT molecular complexity index is 2410. The molecule has 3 heterocycles. The number of carbonyl (C=O) groups is 1. The standard InChI is InChI=1S/C88H151NO18/c1-3-5-7-9-11-13-15-17-19-21-23-25-27-28-29-30-31-32-33-34-35-36-37-38-39-40-41-42-44-46-48-50-52-54-56-58-60-62-64-66-76(94)89-71(72(93)65-63-61-59-57-55-53-51-49-47-45-43-26-24-22-20-18-16-14-12-10-8-6-4-2)70-102-86-82(100)79(97)84(74(68-91)104-86)107-88-83(101)80(98)85(75(69-92)105-88)106-87-81(99)78(96)77(95)73(67-90)103-87/h5,7,11,13,17,19,23,25,28-29,31-32,34-35,37-38,55,57,63,65,71-75,77-88,90-93,95-101H,3-4,6,8-10,12,14-16,18,20-22,24,26-27,30,33,36,39-54,56,58-62,64,66-70H2,1-2H3,(H,89,94)/b7-5-,13-11-,19-17-,25-23-,29-28-,32-31-,35-34-,38-37-,57-55+,65-63+. The minimum Gasteiger partial charge on any atom is -0.394 e. The topological polar surface area (TPSA) is 307 Å². The molecule has 107 heavy (non-hydrogen) atoms. The molecule has 19 nitrogen and oxygen atoms in total. The highest BCUT2D eigenvalue weighted by molar-refractivity contribution is 5.76. The average Bonchev–Trinajstić information content (AvgIpc) is 0.781. The quantitative estimate of drug-likeness (QED) is 0.0199. The molecule has 3 rings (SSSR count). The van der Waals surface area contributed by atoms with Gasteiger partial charge < -0.3 is 89.9 Å². The van der Waals surface area contributed by atoms with Gasteiger partial charge in [-0.05, 0) is 96.3 Å². The molecule has 0 aromatic heterocycles. The molecule has 0 aromatic carbocycles. The number of amides is 1. The van der Waals surface area contributed by atoms with Crippen LogP contribution in [0, 0.1) is 0 Å². The Hall–Kier alpha value is -3.81. The molecule has 0 aromatic rings. The molecule has 19 heteroatoms. The van der Waals surface area contributed by atoms with Crippen LogP contribution in [0.4, 0.5) is 0 Å². The maximum absolute atomic E-state index is 13.5. The second-order valence-electron chi connectivity index (χ2n) is 29.6. The van der Waals surface area contributed by atoms with Gasteiger partial charge in [-0.15, -0.1) is 0 Å². The molecule has 1 amide bonds. The molecule has 3 saturated heterocycles. The summed E-state index contributed by atoms with van der Waals surface area (Å²) in [5, 5.41) is 121. The van der Waals surface area contributed by atoms with Crippen LogP contribution in [0.3, 0.4) is 0 Å². The highest BCUT2D eigenvalue weighted by atomic mass is 16.8. The third-order valence-electron chi connectivity index (χ3n) is 20.2. The molecule has 0 aliphatic carbocycles. The Labute approximate surface area is 646 Å². The second kappa shape index (κ2) is 66.8. The third kappa shape index (κ3) is 46.1. The summed E-state index contributed by atoms with van der Waals surface area (Å²) in [6, 6.07) is -0.999. The summed E-state index contributed by atoms with van der Waals surface area (Å²) in [5.74, 6) is -0.287. The number of hydrogen-bond donors (Lipinski definition) is 12. The van der Waals surface area contributed by atoms with Gasteiger partial charge in [0, 0.05) is 6.42 Å². The molecule has 0 bridgehead atoms. The highest BCUT2D eigenvalue weighted by Gasteiger charge is 2.54. The van der Waals surface area contributed by atoms with E-state index in [0.29, 0.717) is 12.8 Å². The molecule has 0 radical (unpaired) electrons. The Kier molecular flexibility index (Phi) is 60.8. The van der Waals surface area contributed by atoms with Crippen molar-refractivity contribution in [2.45, 2.75) is 401 Å². The van der Waals surface area contributed by atoms with Crippen LogP contribution in [-0.2, 0) is 33.2 Å².